The van der Waals surface area contributed by atoms with Gasteiger partial charge in [0.05, 0.1) is 14.2 Å². The fourth-order valence-corrected chi connectivity index (χ4v) is 1.62. The van der Waals surface area contributed by atoms with E-state index in [9.17, 15) is 4.79 Å². The Morgan fingerprint density at radius 2 is 1.50 bits per heavy atom. The Kier molecular flexibility index (Phi) is 4.44. The predicted octanol–water partition coefficient (Wildman–Crippen LogP) is 3.31. The van der Waals surface area contributed by atoms with Gasteiger partial charge in [0.2, 0.25) is 0 Å². The van der Waals surface area contributed by atoms with E-state index in [4.69, 9.17) is 14.2 Å². The Morgan fingerprint density at radius 1 is 0.900 bits per heavy atom. The predicted molar refractivity (Wildman–Crippen MR) is 75.6 cm³/mol. The van der Waals surface area contributed by atoms with E-state index in [1.54, 1.807) is 62.8 Å². The quantitative estimate of drug-likeness (QED) is 0.928. The standard InChI is InChI=1S/C15H15NO4/c1-18-12-6-3-5-11(9-12)16-15(17)20-14-8-4-7-13(10-14)19-2/h3-10H,1-2H3,(H,16,17). The van der Waals surface area contributed by atoms with Crippen molar-refractivity contribution in [3.63, 3.8) is 0 Å². The number of nitrogens with one attached hydrogen (secondary N) is 1. The number of hydrogen-bond donors (Lipinski definition) is 1. The van der Waals surface area contributed by atoms with Gasteiger partial charge in [-0.05, 0) is 24.3 Å². The lowest BCUT2D eigenvalue weighted by molar-refractivity contribution is 0.215. The van der Waals surface area contributed by atoms with Crippen LogP contribution in [0.3, 0.4) is 0 Å². The summed E-state index contributed by atoms with van der Waals surface area (Å²) in [5.41, 5.74) is 0.595. The Morgan fingerprint density at radius 3 is 2.20 bits per heavy atom. The van der Waals surface area contributed by atoms with Crippen molar-refractivity contribution in [2.24, 2.45) is 0 Å². The van der Waals surface area contributed by atoms with E-state index < -0.39 is 6.09 Å². The monoisotopic (exact) mass is 273 g/mol. The molecule has 0 aliphatic heterocycles. The molecule has 0 spiro atoms. The zero-order valence-corrected chi connectivity index (χ0v) is 11.3. The van der Waals surface area contributed by atoms with Crippen molar-refractivity contribution >= 4 is 11.8 Å². The lowest BCUT2D eigenvalue weighted by Crippen LogP contribution is -2.16. The maximum Gasteiger partial charge on any atom is 0.417 e. The first-order chi connectivity index (χ1) is 9.71. The average Bonchev–Trinajstić information content (AvgIpc) is 2.47. The highest BCUT2D eigenvalue weighted by molar-refractivity contribution is 5.86. The average molecular weight is 273 g/mol. The molecule has 0 atom stereocenters. The Balaban J connectivity index is 2.01. The zero-order valence-electron chi connectivity index (χ0n) is 11.3. The molecular formula is C15H15NO4. The summed E-state index contributed by atoms with van der Waals surface area (Å²) in [5.74, 6) is 1.69. The number of hydrogen-bond acceptors (Lipinski definition) is 4. The summed E-state index contributed by atoms with van der Waals surface area (Å²) in [6.45, 7) is 0. The van der Waals surface area contributed by atoms with Crippen LogP contribution in [0.1, 0.15) is 0 Å². The maximum absolute atomic E-state index is 11.8. The molecule has 1 N–H and O–H groups in total. The number of benzene rings is 2. The minimum atomic E-state index is -0.577. The zero-order chi connectivity index (χ0) is 14.4. The summed E-state index contributed by atoms with van der Waals surface area (Å²) in [4.78, 5) is 11.8. The molecule has 0 unspecified atom stereocenters. The van der Waals surface area contributed by atoms with Crippen molar-refractivity contribution in [3.05, 3.63) is 48.5 Å². The van der Waals surface area contributed by atoms with Crippen molar-refractivity contribution < 1.29 is 19.0 Å². The molecule has 0 saturated heterocycles. The third-order valence-corrected chi connectivity index (χ3v) is 2.57. The summed E-state index contributed by atoms with van der Waals surface area (Å²) in [6, 6.07) is 13.8. The molecule has 2 aromatic rings. The van der Waals surface area contributed by atoms with E-state index in [2.05, 4.69) is 5.32 Å². The van der Waals surface area contributed by atoms with Gasteiger partial charge < -0.3 is 14.2 Å². The highest BCUT2D eigenvalue weighted by atomic mass is 16.6. The van der Waals surface area contributed by atoms with Gasteiger partial charge in [0.1, 0.15) is 17.2 Å². The van der Waals surface area contributed by atoms with Crippen LogP contribution in [0, 0.1) is 0 Å². The van der Waals surface area contributed by atoms with Gasteiger partial charge in [0.15, 0.2) is 0 Å². The molecule has 0 aliphatic carbocycles. The Labute approximate surface area is 117 Å². The molecule has 1 amide bonds. The fourth-order valence-electron chi connectivity index (χ4n) is 1.62. The normalized spacial score (nSPS) is 9.70. The van der Waals surface area contributed by atoms with Crippen molar-refractivity contribution in [1.82, 2.24) is 0 Å². The van der Waals surface area contributed by atoms with Crippen molar-refractivity contribution in [1.29, 1.82) is 0 Å². The van der Waals surface area contributed by atoms with E-state index in [-0.39, 0.29) is 0 Å². The SMILES string of the molecule is COc1cccc(NC(=O)Oc2cccc(OC)c2)c1. The van der Waals surface area contributed by atoms with Crippen LogP contribution in [0.25, 0.3) is 0 Å². The van der Waals surface area contributed by atoms with Gasteiger partial charge in [0.25, 0.3) is 0 Å². The number of amides is 1. The molecule has 0 radical (unpaired) electrons. The summed E-state index contributed by atoms with van der Waals surface area (Å²) in [7, 11) is 3.11. The summed E-state index contributed by atoms with van der Waals surface area (Å²) in [5, 5.41) is 2.62. The topological polar surface area (TPSA) is 56.8 Å². The summed E-state index contributed by atoms with van der Waals surface area (Å²) >= 11 is 0. The largest absolute Gasteiger partial charge is 0.497 e. The molecule has 0 bridgehead atoms. The molecule has 0 aromatic heterocycles. The van der Waals surface area contributed by atoms with Crippen LogP contribution in [0.2, 0.25) is 0 Å². The van der Waals surface area contributed by atoms with Crippen molar-refractivity contribution in [2.45, 2.75) is 0 Å². The van der Waals surface area contributed by atoms with Crippen molar-refractivity contribution in [2.75, 3.05) is 19.5 Å². The Hall–Kier alpha value is -2.69. The molecule has 0 saturated carbocycles. The second kappa shape index (κ2) is 6.47. The van der Waals surface area contributed by atoms with Gasteiger partial charge in [-0.1, -0.05) is 12.1 Å². The molecule has 2 aromatic carbocycles. The van der Waals surface area contributed by atoms with Gasteiger partial charge in [-0.25, -0.2) is 4.79 Å². The van der Waals surface area contributed by atoms with E-state index in [0.29, 0.717) is 22.9 Å². The fraction of sp³-hybridized carbons (Fsp3) is 0.133. The Bertz CT molecular complexity index is 546. The van der Waals surface area contributed by atoms with Crippen LogP contribution < -0.4 is 19.5 Å². The second-order valence-electron chi connectivity index (χ2n) is 3.93. The molecule has 5 nitrogen and oxygen atoms in total. The molecule has 5 heteroatoms. The first-order valence-electron chi connectivity index (χ1n) is 5.98. The lowest BCUT2D eigenvalue weighted by atomic mass is 10.3. The van der Waals surface area contributed by atoms with Gasteiger partial charge in [-0.15, -0.1) is 0 Å². The van der Waals surface area contributed by atoms with Crippen LogP contribution in [0.5, 0.6) is 17.2 Å². The maximum atomic E-state index is 11.8. The molecule has 20 heavy (non-hydrogen) atoms. The van der Waals surface area contributed by atoms with Crippen LogP contribution in [0.15, 0.2) is 48.5 Å². The van der Waals surface area contributed by atoms with E-state index in [1.165, 1.54) is 0 Å². The van der Waals surface area contributed by atoms with Gasteiger partial charge in [-0.2, -0.15) is 0 Å². The number of methoxy groups -OCH3 is 2. The first kappa shape index (κ1) is 13.7. The number of carbonyl (C=O) groups excluding carboxylic acids is 1. The molecule has 0 fully saturated rings. The van der Waals surface area contributed by atoms with Crippen LogP contribution in [-0.4, -0.2) is 20.3 Å². The number of carbonyl (C=O) groups is 1. The highest BCUT2D eigenvalue weighted by Gasteiger charge is 2.06. The van der Waals surface area contributed by atoms with Crippen LogP contribution in [-0.2, 0) is 0 Å². The summed E-state index contributed by atoms with van der Waals surface area (Å²) < 4.78 is 15.3. The second-order valence-corrected chi connectivity index (χ2v) is 3.93. The third kappa shape index (κ3) is 3.65. The molecule has 2 rings (SSSR count). The van der Waals surface area contributed by atoms with Crippen LogP contribution >= 0.6 is 0 Å². The number of ether oxygens (including phenoxy) is 3. The highest BCUT2D eigenvalue weighted by Crippen LogP contribution is 2.20. The van der Waals surface area contributed by atoms with E-state index >= 15 is 0 Å². The van der Waals surface area contributed by atoms with Crippen LogP contribution in [0.4, 0.5) is 10.5 Å². The van der Waals surface area contributed by atoms with Crippen molar-refractivity contribution in [3.8, 4) is 17.2 Å². The third-order valence-electron chi connectivity index (χ3n) is 2.57. The number of anilines is 1. The molecule has 0 aliphatic rings. The minimum absolute atomic E-state index is 0.407. The van der Waals surface area contributed by atoms with E-state index in [0.717, 1.165) is 0 Å². The summed E-state index contributed by atoms with van der Waals surface area (Å²) in [6.07, 6.45) is -0.577. The van der Waals surface area contributed by atoms with E-state index in [1.807, 2.05) is 0 Å². The smallest absolute Gasteiger partial charge is 0.417 e. The van der Waals surface area contributed by atoms with Gasteiger partial charge >= 0.3 is 6.09 Å². The van der Waals surface area contributed by atoms with Gasteiger partial charge in [0, 0.05) is 17.8 Å². The molecule has 0 heterocycles. The minimum Gasteiger partial charge on any atom is -0.497 e. The first-order valence-corrected chi connectivity index (χ1v) is 5.98. The molecule has 104 valence electrons. The molecular weight excluding hydrogens is 258 g/mol. The number of rotatable bonds is 4. The lowest BCUT2D eigenvalue weighted by Gasteiger charge is -2.08. The van der Waals surface area contributed by atoms with Gasteiger partial charge in [-0.3, -0.25) is 5.32 Å².